The lowest BCUT2D eigenvalue weighted by Crippen LogP contribution is -2.52. The Kier molecular flexibility index (Phi) is 6.26. The Hall–Kier alpha value is -1.36. The molecule has 24 heavy (non-hydrogen) atoms. The first kappa shape index (κ1) is 20.7. The number of aliphatic hydroxyl groups is 1. The third-order valence-corrected chi connectivity index (χ3v) is 4.81. The summed E-state index contributed by atoms with van der Waals surface area (Å²) in [5, 5.41) is 10.8. The van der Waals surface area contributed by atoms with Gasteiger partial charge in [-0.15, -0.1) is 0 Å². The van der Waals surface area contributed by atoms with Crippen LogP contribution < -0.4 is 10.0 Å². The first-order chi connectivity index (χ1) is 10.8. The van der Waals surface area contributed by atoms with Crippen molar-refractivity contribution < 1.29 is 31.5 Å². The Labute approximate surface area is 142 Å². The molecule has 0 saturated carbocycles. The second-order valence-corrected chi connectivity index (χ2v) is 7.24. The van der Waals surface area contributed by atoms with Crippen molar-refractivity contribution in [1.29, 1.82) is 0 Å². The van der Waals surface area contributed by atoms with E-state index in [-0.39, 0.29) is 22.2 Å². The monoisotopic (exact) mass is 388 g/mol. The van der Waals surface area contributed by atoms with Crippen LogP contribution in [0, 0.1) is 0 Å². The molecular weight excluding hydrogens is 373 g/mol. The van der Waals surface area contributed by atoms with Crippen LogP contribution in [-0.4, -0.2) is 37.8 Å². The van der Waals surface area contributed by atoms with E-state index < -0.39 is 27.7 Å². The number of carbonyl (C=O) groups excluding carboxylic acids is 1. The van der Waals surface area contributed by atoms with E-state index in [0.717, 1.165) is 18.2 Å². The zero-order valence-electron chi connectivity index (χ0n) is 12.7. The van der Waals surface area contributed by atoms with Gasteiger partial charge in [0.2, 0.25) is 15.6 Å². The van der Waals surface area contributed by atoms with Crippen molar-refractivity contribution in [2.75, 3.05) is 11.9 Å². The van der Waals surface area contributed by atoms with Crippen LogP contribution in [0.3, 0.4) is 0 Å². The number of alkyl halides is 3. The molecule has 1 aromatic carbocycles. The predicted octanol–water partition coefficient (Wildman–Crippen LogP) is 2.28. The number of carbonyl (C=O) groups is 1. The van der Waals surface area contributed by atoms with Crippen molar-refractivity contribution in [1.82, 2.24) is 4.72 Å². The predicted molar refractivity (Wildman–Crippen MR) is 82.2 cm³/mol. The topological polar surface area (TPSA) is 95.5 Å². The zero-order valence-corrected chi connectivity index (χ0v) is 14.3. The van der Waals surface area contributed by atoms with Crippen LogP contribution in [0.4, 0.5) is 18.9 Å². The minimum atomic E-state index is -5.18. The summed E-state index contributed by atoms with van der Waals surface area (Å²) in [6, 6.07) is 3.09. The first-order valence-corrected chi connectivity index (χ1v) is 8.59. The van der Waals surface area contributed by atoms with Gasteiger partial charge in [-0.1, -0.05) is 18.5 Å². The van der Waals surface area contributed by atoms with Gasteiger partial charge >= 0.3 is 6.18 Å². The Morgan fingerprint density at radius 2 is 1.92 bits per heavy atom. The second kappa shape index (κ2) is 7.26. The van der Waals surface area contributed by atoms with Gasteiger partial charge in [0.15, 0.2) is 0 Å². The van der Waals surface area contributed by atoms with E-state index in [4.69, 9.17) is 11.6 Å². The summed E-state index contributed by atoms with van der Waals surface area (Å²) in [7, 11) is -3.82. The minimum absolute atomic E-state index is 0.201. The third kappa shape index (κ3) is 4.59. The Balaban J connectivity index is 3.04. The lowest BCUT2D eigenvalue weighted by molar-refractivity contribution is -0.242. The molecule has 6 nitrogen and oxygen atoms in total. The average molecular weight is 389 g/mol. The van der Waals surface area contributed by atoms with Crippen LogP contribution >= 0.6 is 11.6 Å². The van der Waals surface area contributed by atoms with E-state index in [2.05, 4.69) is 4.72 Å². The van der Waals surface area contributed by atoms with Crippen LogP contribution in [0.25, 0.3) is 0 Å². The van der Waals surface area contributed by atoms with E-state index in [1.165, 1.54) is 0 Å². The molecule has 0 aliphatic rings. The molecule has 0 aliphatic carbocycles. The van der Waals surface area contributed by atoms with Gasteiger partial charge in [0.1, 0.15) is 0 Å². The fraction of sp³-hybridized carbons (Fsp3) is 0.462. The number of hydrogen-bond donors (Lipinski definition) is 3. The minimum Gasteiger partial charge on any atom is -0.373 e. The second-order valence-electron chi connectivity index (χ2n) is 5.06. The molecule has 0 aromatic heterocycles. The van der Waals surface area contributed by atoms with Gasteiger partial charge in [0.05, 0.1) is 15.6 Å². The molecule has 0 bridgehead atoms. The highest BCUT2D eigenvalue weighted by Gasteiger charge is 2.55. The third-order valence-electron chi connectivity index (χ3n) is 3.04. The van der Waals surface area contributed by atoms with Crippen molar-refractivity contribution in [3.05, 3.63) is 23.2 Å². The van der Waals surface area contributed by atoms with Crippen LogP contribution in [0.5, 0.6) is 0 Å². The van der Waals surface area contributed by atoms with Crippen molar-refractivity contribution in [2.24, 2.45) is 0 Å². The molecule has 0 heterocycles. The molecule has 3 N–H and O–H groups in total. The SMILES string of the molecule is CCCNS(=O)(=O)c1ccc(NC(=O)[C@@](C)(O)C(F)(F)F)c(Cl)c1. The molecule has 136 valence electrons. The van der Waals surface area contributed by atoms with Crippen LogP contribution in [0.2, 0.25) is 5.02 Å². The van der Waals surface area contributed by atoms with Gasteiger partial charge in [-0.05, 0) is 31.5 Å². The molecule has 1 rings (SSSR count). The molecule has 0 radical (unpaired) electrons. The van der Waals surface area contributed by atoms with Crippen molar-refractivity contribution in [3.63, 3.8) is 0 Å². The molecule has 11 heteroatoms. The summed E-state index contributed by atoms with van der Waals surface area (Å²) in [5.41, 5.74) is -3.88. The Bertz CT molecular complexity index is 720. The lowest BCUT2D eigenvalue weighted by atomic mass is 10.1. The van der Waals surface area contributed by atoms with Crippen molar-refractivity contribution in [2.45, 2.75) is 36.9 Å². The number of anilines is 1. The van der Waals surface area contributed by atoms with Gasteiger partial charge in [-0.25, -0.2) is 13.1 Å². The molecule has 1 aromatic rings. The van der Waals surface area contributed by atoms with Gasteiger partial charge in [0.25, 0.3) is 5.91 Å². The maximum absolute atomic E-state index is 12.6. The van der Waals surface area contributed by atoms with Crippen LogP contribution in [0.1, 0.15) is 20.3 Å². The average Bonchev–Trinajstić information content (AvgIpc) is 2.45. The molecule has 0 aliphatic heterocycles. The summed E-state index contributed by atoms with van der Waals surface area (Å²) in [6.07, 6.45) is -4.62. The smallest absolute Gasteiger partial charge is 0.373 e. The summed E-state index contributed by atoms with van der Waals surface area (Å²) in [5.74, 6) is -1.74. The maximum atomic E-state index is 12.6. The Morgan fingerprint density at radius 3 is 2.38 bits per heavy atom. The summed E-state index contributed by atoms with van der Waals surface area (Å²) in [6.45, 7) is 2.26. The van der Waals surface area contributed by atoms with Crippen LogP contribution in [-0.2, 0) is 14.8 Å². The van der Waals surface area contributed by atoms with Crippen LogP contribution in [0.15, 0.2) is 23.1 Å². The maximum Gasteiger partial charge on any atom is 0.426 e. The lowest BCUT2D eigenvalue weighted by Gasteiger charge is -2.25. The van der Waals surface area contributed by atoms with E-state index >= 15 is 0 Å². The van der Waals surface area contributed by atoms with Gasteiger partial charge < -0.3 is 10.4 Å². The normalized spacial score (nSPS) is 15.0. The van der Waals surface area contributed by atoms with E-state index in [9.17, 15) is 31.5 Å². The van der Waals surface area contributed by atoms with Gasteiger partial charge in [-0.2, -0.15) is 13.2 Å². The highest BCUT2D eigenvalue weighted by molar-refractivity contribution is 7.89. The molecule has 1 amide bonds. The number of nitrogens with one attached hydrogen (secondary N) is 2. The number of amides is 1. The van der Waals surface area contributed by atoms with Gasteiger partial charge in [0, 0.05) is 6.54 Å². The number of hydrogen-bond acceptors (Lipinski definition) is 4. The largest absolute Gasteiger partial charge is 0.426 e. The van der Waals surface area contributed by atoms with E-state index in [1.807, 2.05) is 5.32 Å². The molecule has 0 fully saturated rings. The van der Waals surface area contributed by atoms with Gasteiger partial charge in [-0.3, -0.25) is 4.79 Å². The van der Waals surface area contributed by atoms with Crippen molar-refractivity contribution in [3.8, 4) is 0 Å². The highest BCUT2D eigenvalue weighted by atomic mass is 35.5. The first-order valence-electron chi connectivity index (χ1n) is 6.72. The fourth-order valence-corrected chi connectivity index (χ4v) is 2.91. The number of rotatable bonds is 6. The Morgan fingerprint density at radius 1 is 1.33 bits per heavy atom. The standard InChI is InChI=1S/C13H16ClF3N2O4S/c1-3-6-18-24(22,23)8-4-5-10(9(14)7-8)19-11(20)12(2,21)13(15,16)17/h4-5,7,18,21H,3,6H2,1-2H3,(H,19,20)/t12-/m1/s1. The quantitative estimate of drug-likeness (QED) is 0.696. The summed E-state index contributed by atoms with van der Waals surface area (Å²) < 4.78 is 63.9. The fourth-order valence-electron chi connectivity index (χ4n) is 1.46. The van der Waals surface area contributed by atoms with E-state index in [0.29, 0.717) is 13.3 Å². The highest BCUT2D eigenvalue weighted by Crippen LogP contribution is 2.32. The molecule has 0 spiro atoms. The number of halogens is 4. The molecule has 0 unspecified atom stereocenters. The van der Waals surface area contributed by atoms with E-state index in [1.54, 1.807) is 6.92 Å². The number of benzene rings is 1. The number of sulfonamides is 1. The molecule has 1 atom stereocenters. The summed E-state index contributed by atoms with van der Waals surface area (Å²) in [4.78, 5) is 11.4. The zero-order chi connectivity index (χ0) is 18.8. The molecular formula is C13H16ClF3N2O4S. The molecule has 0 saturated heterocycles. The summed E-state index contributed by atoms with van der Waals surface area (Å²) >= 11 is 5.81. The van der Waals surface area contributed by atoms with Crippen molar-refractivity contribution >= 4 is 33.2 Å².